The summed E-state index contributed by atoms with van der Waals surface area (Å²) in [5, 5.41) is 19.9. The van der Waals surface area contributed by atoms with Crippen molar-refractivity contribution in [3.05, 3.63) is 33.9 Å². The Balaban J connectivity index is 2.17. The Labute approximate surface area is 120 Å². The van der Waals surface area contributed by atoms with E-state index >= 15 is 0 Å². The first-order valence-electron chi connectivity index (χ1n) is 6.49. The van der Waals surface area contributed by atoms with Gasteiger partial charge in [-0.1, -0.05) is 0 Å². The standard InChI is InChI=1S/C15H15BrN2O/c1-9-4-15-13(5-10(9)7-17)14(16)8-18(15)11-2-3-12(19)6-11/h4-5,8,11-12,19H,2-3,6H2,1H3. The SMILES string of the molecule is Cc1cc2c(cc1C#N)c(Br)cn2C1CCC(O)C1. The maximum atomic E-state index is 9.71. The van der Waals surface area contributed by atoms with Crippen molar-refractivity contribution < 1.29 is 5.11 Å². The largest absolute Gasteiger partial charge is 0.393 e. The van der Waals surface area contributed by atoms with Crippen molar-refractivity contribution >= 4 is 26.8 Å². The molecule has 1 aromatic carbocycles. The van der Waals surface area contributed by atoms with Crippen LogP contribution in [0.2, 0.25) is 0 Å². The van der Waals surface area contributed by atoms with E-state index in [0.717, 1.165) is 45.8 Å². The van der Waals surface area contributed by atoms with Crippen molar-refractivity contribution in [2.75, 3.05) is 0 Å². The zero-order valence-corrected chi connectivity index (χ0v) is 12.3. The summed E-state index contributed by atoms with van der Waals surface area (Å²) in [5.41, 5.74) is 2.86. The molecule has 1 aliphatic rings. The highest BCUT2D eigenvalue weighted by atomic mass is 79.9. The van der Waals surface area contributed by atoms with Gasteiger partial charge in [0.25, 0.3) is 0 Å². The minimum absolute atomic E-state index is 0.180. The van der Waals surface area contributed by atoms with Gasteiger partial charge >= 0.3 is 0 Å². The summed E-state index contributed by atoms with van der Waals surface area (Å²) in [5.74, 6) is 0. The Bertz CT molecular complexity index is 683. The molecule has 1 fully saturated rings. The molecule has 2 aromatic rings. The number of nitrogens with zero attached hydrogens (tertiary/aromatic N) is 2. The molecule has 0 aliphatic heterocycles. The first-order chi connectivity index (χ1) is 9.10. The molecule has 98 valence electrons. The molecular formula is C15H15BrN2O. The quantitative estimate of drug-likeness (QED) is 0.872. The molecule has 4 heteroatoms. The van der Waals surface area contributed by atoms with Crippen molar-refractivity contribution in [3.63, 3.8) is 0 Å². The molecule has 1 N–H and O–H groups in total. The maximum Gasteiger partial charge on any atom is 0.0994 e. The van der Waals surface area contributed by atoms with Crippen LogP contribution in [0.1, 0.15) is 36.4 Å². The highest BCUT2D eigenvalue weighted by molar-refractivity contribution is 9.10. The number of nitriles is 1. The van der Waals surface area contributed by atoms with E-state index in [-0.39, 0.29) is 6.10 Å². The number of aliphatic hydroxyl groups excluding tert-OH is 1. The molecule has 1 aromatic heterocycles. The van der Waals surface area contributed by atoms with E-state index in [1.165, 1.54) is 0 Å². The number of fused-ring (bicyclic) bond motifs is 1. The molecular weight excluding hydrogens is 304 g/mol. The van der Waals surface area contributed by atoms with Crippen LogP contribution in [0.3, 0.4) is 0 Å². The fourth-order valence-electron chi connectivity index (χ4n) is 2.97. The lowest BCUT2D eigenvalue weighted by Gasteiger charge is -2.14. The van der Waals surface area contributed by atoms with Gasteiger partial charge in [-0.15, -0.1) is 0 Å². The average Bonchev–Trinajstić information content (AvgIpc) is 2.93. The number of hydrogen-bond acceptors (Lipinski definition) is 2. The Morgan fingerprint density at radius 2 is 2.21 bits per heavy atom. The summed E-state index contributed by atoms with van der Waals surface area (Å²) in [6, 6.07) is 6.60. The molecule has 1 aliphatic carbocycles. The van der Waals surface area contributed by atoms with Gasteiger partial charge in [0.05, 0.1) is 17.7 Å². The fourth-order valence-corrected chi connectivity index (χ4v) is 3.51. The van der Waals surface area contributed by atoms with Crippen molar-refractivity contribution in [2.45, 2.75) is 38.3 Å². The molecule has 0 amide bonds. The van der Waals surface area contributed by atoms with Gasteiger partial charge < -0.3 is 9.67 Å². The third-order valence-corrected chi connectivity index (χ3v) is 4.65. The third-order valence-electron chi connectivity index (χ3n) is 4.02. The second kappa shape index (κ2) is 4.66. The van der Waals surface area contributed by atoms with Crippen molar-refractivity contribution in [2.24, 2.45) is 0 Å². The van der Waals surface area contributed by atoms with E-state index in [1.54, 1.807) is 0 Å². The van der Waals surface area contributed by atoms with Gasteiger partial charge in [0.2, 0.25) is 0 Å². The normalized spacial score (nSPS) is 22.8. The molecule has 3 nitrogen and oxygen atoms in total. The van der Waals surface area contributed by atoms with E-state index < -0.39 is 0 Å². The minimum atomic E-state index is -0.180. The van der Waals surface area contributed by atoms with E-state index in [1.807, 2.05) is 13.0 Å². The van der Waals surface area contributed by atoms with Crippen molar-refractivity contribution in [3.8, 4) is 6.07 Å². The van der Waals surface area contributed by atoms with Gasteiger partial charge in [-0.3, -0.25) is 0 Å². The molecule has 0 saturated heterocycles. The minimum Gasteiger partial charge on any atom is -0.393 e. The summed E-state index contributed by atoms with van der Waals surface area (Å²) in [7, 11) is 0. The number of aromatic nitrogens is 1. The van der Waals surface area contributed by atoms with Gasteiger partial charge in [0.15, 0.2) is 0 Å². The lowest BCUT2D eigenvalue weighted by atomic mass is 10.1. The predicted octanol–water partition coefficient (Wildman–Crippen LogP) is 3.67. The first kappa shape index (κ1) is 12.7. The van der Waals surface area contributed by atoms with Gasteiger partial charge in [-0.05, 0) is 59.8 Å². The van der Waals surface area contributed by atoms with Crippen LogP contribution in [0, 0.1) is 18.3 Å². The van der Waals surface area contributed by atoms with Crippen LogP contribution in [0.5, 0.6) is 0 Å². The average molecular weight is 319 g/mol. The first-order valence-corrected chi connectivity index (χ1v) is 7.28. The van der Waals surface area contributed by atoms with Crippen LogP contribution < -0.4 is 0 Å². The van der Waals surface area contributed by atoms with E-state index in [9.17, 15) is 5.11 Å². The molecule has 0 spiro atoms. The summed E-state index contributed by atoms with van der Waals surface area (Å²) in [6.07, 6.45) is 4.59. The number of rotatable bonds is 1. The lowest BCUT2D eigenvalue weighted by Crippen LogP contribution is -2.06. The van der Waals surface area contributed by atoms with Gasteiger partial charge in [0, 0.05) is 27.6 Å². The smallest absolute Gasteiger partial charge is 0.0994 e. The zero-order valence-electron chi connectivity index (χ0n) is 10.7. The number of benzene rings is 1. The molecule has 3 rings (SSSR count). The Hall–Kier alpha value is -1.31. The van der Waals surface area contributed by atoms with Gasteiger partial charge in [0.1, 0.15) is 0 Å². The van der Waals surface area contributed by atoms with Crippen LogP contribution >= 0.6 is 15.9 Å². The van der Waals surface area contributed by atoms with Crippen LogP contribution in [0.25, 0.3) is 10.9 Å². The van der Waals surface area contributed by atoms with Crippen molar-refractivity contribution in [1.29, 1.82) is 5.26 Å². The molecule has 1 heterocycles. The topological polar surface area (TPSA) is 49.0 Å². The maximum absolute atomic E-state index is 9.71. The van der Waals surface area contributed by atoms with Gasteiger partial charge in [-0.25, -0.2) is 0 Å². The highest BCUT2D eigenvalue weighted by Gasteiger charge is 2.25. The van der Waals surface area contributed by atoms with Crippen LogP contribution in [0.15, 0.2) is 22.8 Å². The number of hydrogen-bond donors (Lipinski definition) is 1. The van der Waals surface area contributed by atoms with Gasteiger partial charge in [-0.2, -0.15) is 5.26 Å². The third kappa shape index (κ3) is 2.07. The Kier molecular flexibility index (Phi) is 3.12. The number of halogens is 1. The predicted molar refractivity (Wildman–Crippen MR) is 78.0 cm³/mol. The van der Waals surface area contributed by atoms with Crippen LogP contribution in [0.4, 0.5) is 0 Å². The van der Waals surface area contributed by atoms with E-state index in [0.29, 0.717) is 6.04 Å². The zero-order chi connectivity index (χ0) is 13.6. The summed E-state index contributed by atoms with van der Waals surface area (Å²) >= 11 is 3.58. The highest BCUT2D eigenvalue weighted by Crippen LogP contribution is 2.37. The summed E-state index contributed by atoms with van der Waals surface area (Å²) in [4.78, 5) is 0. The number of aliphatic hydroxyl groups is 1. The molecule has 0 radical (unpaired) electrons. The second-order valence-electron chi connectivity index (χ2n) is 5.30. The van der Waals surface area contributed by atoms with E-state index in [2.05, 4.69) is 38.8 Å². The summed E-state index contributed by atoms with van der Waals surface area (Å²) < 4.78 is 3.25. The number of aryl methyl sites for hydroxylation is 1. The summed E-state index contributed by atoms with van der Waals surface area (Å²) in [6.45, 7) is 1.97. The van der Waals surface area contributed by atoms with Crippen LogP contribution in [-0.2, 0) is 0 Å². The van der Waals surface area contributed by atoms with E-state index in [4.69, 9.17) is 5.26 Å². The van der Waals surface area contributed by atoms with Crippen LogP contribution in [-0.4, -0.2) is 15.8 Å². The second-order valence-corrected chi connectivity index (χ2v) is 6.16. The van der Waals surface area contributed by atoms with Crippen molar-refractivity contribution in [1.82, 2.24) is 4.57 Å². The molecule has 0 bridgehead atoms. The molecule has 2 unspecified atom stereocenters. The Morgan fingerprint density at radius 1 is 1.42 bits per heavy atom. The molecule has 19 heavy (non-hydrogen) atoms. The monoisotopic (exact) mass is 318 g/mol. The molecule has 2 atom stereocenters. The Morgan fingerprint density at radius 3 is 2.84 bits per heavy atom. The molecule has 1 saturated carbocycles. The lowest BCUT2D eigenvalue weighted by molar-refractivity contribution is 0.178. The fraction of sp³-hybridized carbons (Fsp3) is 0.400.